The van der Waals surface area contributed by atoms with Crippen molar-refractivity contribution < 1.29 is 9.47 Å². The van der Waals surface area contributed by atoms with Gasteiger partial charge in [0.25, 0.3) is 0 Å². The molecule has 0 radical (unpaired) electrons. The van der Waals surface area contributed by atoms with E-state index in [9.17, 15) is 0 Å². The van der Waals surface area contributed by atoms with Gasteiger partial charge in [-0.15, -0.1) is 0 Å². The van der Waals surface area contributed by atoms with Crippen LogP contribution in [-0.2, 0) is 13.1 Å². The van der Waals surface area contributed by atoms with Crippen LogP contribution in [0.2, 0.25) is 0 Å². The quantitative estimate of drug-likeness (QED) is 0.879. The van der Waals surface area contributed by atoms with Crippen LogP contribution in [0.5, 0.6) is 11.5 Å². The van der Waals surface area contributed by atoms with Crippen LogP contribution in [0.4, 0.5) is 0 Å². The van der Waals surface area contributed by atoms with Crippen molar-refractivity contribution in [1.29, 1.82) is 0 Å². The molecule has 4 nitrogen and oxygen atoms in total. The third kappa shape index (κ3) is 3.71. The lowest BCUT2D eigenvalue weighted by molar-refractivity contribution is 0.350. The number of ether oxygens (including phenoxy) is 2. The van der Waals surface area contributed by atoms with Crippen molar-refractivity contribution in [1.82, 2.24) is 10.3 Å². The fraction of sp³-hybridized carbons (Fsp3) is 0.267. The first-order valence-electron chi connectivity index (χ1n) is 6.24. The molecule has 1 aromatic carbocycles. The Kier molecular flexibility index (Phi) is 5.38. The lowest BCUT2D eigenvalue weighted by Crippen LogP contribution is -2.13. The second-order valence-corrected chi connectivity index (χ2v) is 5.18. The van der Waals surface area contributed by atoms with Crippen LogP contribution in [0.25, 0.3) is 0 Å². The maximum atomic E-state index is 5.43. The monoisotopic (exact) mass is 336 g/mol. The summed E-state index contributed by atoms with van der Waals surface area (Å²) >= 11 is 3.48. The van der Waals surface area contributed by atoms with Gasteiger partial charge >= 0.3 is 0 Å². The summed E-state index contributed by atoms with van der Waals surface area (Å²) in [6.45, 7) is 1.47. The summed E-state index contributed by atoms with van der Waals surface area (Å²) in [4.78, 5) is 4.00. The van der Waals surface area contributed by atoms with Gasteiger partial charge in [0.1, 0.15) is 0 Å². The summed E-state index contributed by atoms with van der Waals surface area (Å²) in [7, 11) is 3.29. The van der Waals surface area contributed by atoms with Crippen LogP contribution in [0.1, 0.15) is 11.1 Å². The maximum Gasteiger partial charge on any atom is 0.165 e. The average Bonchev–Trinajstić information content (AvgIpc) is 2.47. The van der Waals surface area contributed by atoms with Crippen LogP contribution >= 0.6 is 15.9 Å². The molecule has 0 aliphatic heterocycles. The van der Waals surface area contributed by atoms with Gasteiger partial charge in [-0.3, -0.25) is 4.98 Å². The predicted octanol–water partition coefficient (Wildman–Crippen LogP) is 3.15. The summed E-state index contributed by atoms with van der Waals surface area (Å²) in [6, 6.07) is 7.91. The lowest BCUT2D eigenvalue weighted by atomic mass is 10.1. The Morgan fingerprint density at radius 3 is 2.50 bits per heavy atom. The molecule has 106 valence electrons. The van der Waals surface area contributed by atoms with Gasteiger partial charge in [0, 0.05) is 35.5 Å². The summed E-state index contributed by atoms with van der Waals surface area (Å²) in [5.74, 6) is 1.49. The standard InChI is InChI=1S/C15H17BrN2O2/c1-19-14-8-13(16)7-12(15(14)20-2)10-18-9-11-3-5-17-6-4-11/h3-8,18H,9-10H2,1-2H3. The summed E-state index contributed by atoms with van der Waals surface area (Å²) < 4.78 is 11.7. The minimum Gasteiger partial charge on any atom is -0.493 e. The number of nitrogens with zero attached hydrogens (tertiary/aromatic N) is 1. The molecular weight excluding hydrogens is 320 g/mol. The van der Waals surface area contributed by atoms with E-state index in [0.717, 1.165) is 28.1 Å². The largest absolute Gasteiger partial charge is 0.493 e. The third-order valence-electron chi connectivity index (χ3n) is 2.91. The number of rotatable bonds is 6. The molecular formula is C15H17BrN2O2. The minimum absolute atomic E-state index is 0.696. The van der Waals surface area contributed by atoms with Gasteiger partial charge in [-0.25, -0.2) is 0 Å². The normalized spacial score (nSPS) is 10.3. The van der Waals surface area contributed by atoms with Gasteiger partial charge in [-0.2, -0.15) is 0 Å². The molecule has 0 atom stereocenters. The second-order valence-electron chi connectivity index (χ2n) is 4.26. The highest BCUT2D eigenvalue weighted by Crippen LogP contribution is 2.34. The molecule has 0 bridgehead atoms. The van der Waals surface area contributed by atoms with Crippen molar-refractivity contribution >= 4 is 15.9 Å². The summed E-state index contributed by atoms with van der Waals surface area (Å²) in [6.07, 6.45) is 3.58. The zero-order valence-corrected chi connectivity index (χ0v) is 13.1. The van der Waals surface area contributed by atoms with E-state index in [1.807, 2.05) is 24.3 Å². The van der Waals surface area contributed by atoms with Crippen molar-refractivity contribution in [2.75, 3.05) is 14.2 Å². The molecule has 20 heavy (non-hydrogen) atoms. The Morgan fingerprint density at radius 1 is 1.10 bits per heavy atom. The first kappa shape index (κ1) is 14.8. The van der Waals surface area contributed by atoms with Gasteiger partial charge in [-0.1, -0.05) is 15.9 Å². The predicted molar refractivity (Wildman–Crippen MR) is 82.0 cm³/mol. The molecule has 1 heterocycles. The first-order valence-corrected chi connectivity index (χ1v) is 7.04. The van der Waals surface area contributed by atoms with Crippen LogP contribution < -0.4 is 14.8 Å². The van der Waals surface area contributed by atoms with E-state index in [1.54, 1.807) is 26.6 Å². The molecule has 1 aromatic heterocycles. The lowest BCUT2D eigenvalue weighted by Gasteiger charge is -2.14. The summed E-state index contributed by atoms with van der Waals surface area (Å²) in [5, 5.41) is 3.39. The molecule has 5 heteroatoms. The van der Waals surface area contributed by atoms with Crippen LogP contribution in [0, 0.1) is 0 Å². The Morgan fingerprint density at radius 2 is 1.85 bits per heavy atom. The molecule has 2 rings (SSSR count). The molecule has 0 aliphatic rings. The molecule has 0 aliphatic carbocycles. The minimum atomic E-state index is 0.696. The van der Waals surface area contributed by atoms with Crippen molar-refractivity contribution in [2.24, 2.45) is 0 Å². The molecule has 0 saturated heterocycles. The van der Waals surface area contributed by atoms with Gasteiger partial charge in [0.15, 0.2) is 11.5 Å². The molecule has 1 N–H and O–H groups in total. The smallest absolute Gasteiger partial charge is 0.165 e. The molecule has 0 fully saturated rings. The van der Waals surface area contributed by atoms with Crippen molar-refractivity contribution in [3.8, 4) is 11.5 Å². The van der Waals surface area contributed by atoms with Crippen molar-refractivity contribution in [3.63, 3.8) is 0 Å². The Labute approximate surface area is 127 Å². The zero-order valence-electron chi connectivity index (χ0n) is 11.5. The van der Waals surface area contributed by atoms with Gasteiger partial charge < -0.3 is 14.8 Å². The van der Waals surface area contributed by atoms with Gasteiger partial charge in [0.2, 0.25) is 0 Å². The average molecular weight is 337 g/mol. The zero-order chi connectivity index (χ0) is 14.4. The van der Waals surface area contributed by atoms with E-state index in [0.29, 0.717) is 6.54 Å². The topological polar surface area (TPSA) is 43.4 Å². The molecule has 0 amide bonds. The number of methoxy groups -OCH3 is 2. The van der Waals surface area contributed by atoms with Gasteiger partial charge in [-0.05, 0) is 29.8 Å². The first-order chi connectivity index (χ1) is 9.74. The maximum absolute atomic E-state index is 5.43. The number of pyridine rings is 1. The number of halogens is 1. The van der Waals surface area contributed by atoms with Crippen molar-refractivity contribution in [2.45, 2.75) is 13.1 Å². The SMILES string of the molecule is COc1cc(Br)cc(CNCc2ccncc2)c1OC. The van der Waals surface area contributed by atoms with Crippen LogP contribution in [0.3, 0.4) is 0 Å². The second kappa shape index (κ2) is 7.26. The van der Waals surface area contributed by atoms with E-state index in [2.05, 4.69) is 26.2 Å². The van der Waals surface area contributed by atoms with Crippen LogP contribution in [-0.4, -0.2) is 19.2 Å². The fourth-order valence-electron chi connectivity index (χ4n) is 1.98. The highest BCUT2D eigenvalue weighted by atomic mass is 79.9. The molecule has 2 aromatic rings. The number of hydrogen-bond donors (Lipinski definition) is 1. The Hall–Kier alpha value is -1.59. The van der Waals surface area contributed by atoms with E-state index >= 15 is 0 Å². The molecule has 0 unspecified atom stereocenters. The summed E-state index contributed by atoms with van der Waals surface area (Å²) in [5.41, 5.74) is 2.24. The molecule has 0 saturated carbocycles. The van der Waals surface area contributed by atoms with E-state index in [1.165, 1.54) is 5.56 Å². The van der Waals surface area contributed by atoms with E-state index in [4.69, 9.17) is 9.47 Å². The highest BCUT2D eigenvalue weighted by Gasteiger charge is 2.11. The number of benzene rings is 1. The van der Waals surface area contributed by atoms with Crippen LogP contribution in [0.15, 0.2) is 41.1 Å². The number of nitrogens with one attached hydrogen (secondary N) is 1. The number of hydrogen-bond acceptors (Lipinski definition) is 4. The van der Waals surface area contributed by atoms with Crippen molar-refractivity contribution in [3.05, 3.63) is 52.3 Å². The highest BCUT2D eigenvalue weighted by molar-refractivity contribution is 9.10. The Balaban J connectivity index is 2.07. The number of aromatic nitrogens is 1. The third-order valence-corrected chi connectivity index (χ3v) is 3.37. The van der Waals surface area contributed by atoms with Gasteiger partial charge in [0.05, 0.1) is 14.2 Å². The Bertz CT molecular complexity index is 561. The van der Waals surface area contributed by atoms with E-state index in [-0.39, 0.29) is 0 Å². The van der Waals surface area contributed by atoms with E-state index < -0.39 is 0 Å². The fourth-order valence-corrected chi connectivity index (χ4v) is 2.46. The molecule has 0 spiro atoms.